The lowest BCUT2D eigenvalue weighted by Crippen LogP contribution is -2.37. The quantitative estimate of drug-likeness (QED) is 0.644. The van der Waals surface area contributed by atoms with Crippen molar-refractivity contribution in [2.75, 3.05) is 12.8 Å². The Balaban J connectivity index is 1.88. The molecule has 0 atom stereocenters. The van der Waals surface area contributed by atoms with Crippen LogP contribution in [0, 0.1) is 0 Å². The monoisotopic (exact) mass is 419 g/mol. The molecule has 5 nitrogen and oxygen atoms in total. The van der Waals surface area contributed by atoms with Gasteiger partial charge in [-0.1, -0.05) is 55.8 Å². The molecule has 1 heterocycles. The standard InChI is InChI=1S/C21H22ClNO4S/c1-21(2,14-7-6-8-15(22)11-14)13-23-20(24)19-17(12-28(3,25)26)16-9-4-5-10-18(16)27-19/h4-11H,12-13H2,1-3H3,(H,23,24). The van der Waals surface area contributed by atoms with Crippen molar-refractivity contribution in [1.29, 1.82) is 0 Å². The predicted octanol–water partition coefficient (Wildman–Crippen LogP) is 4.34. The first-order valence-corrected chi connectivity index (χ1v) is 11.2. The molecule has 0 radical (unpaired) electrons. The van der Waals surface area contributed by atoms with Crippen LogP contribution in [0.5, 0.6) is 0 Å². The topological polar surface area (TPSA) is 76.4 Å². The lowest BCUT2D eigenvalue weighted by atomic mass is 9.84. The minimum Gasteiger partial charge on any atom is -0.451 e. The molecule has 1 N–H and O–H groups in total. The van der Waals surface area contributed by atoms with Crippen molar-refractivity contribution in [2.24, 2.45) is 0 Å². The van der Waals surface area contributed by atoms with Gasteiger partial charge in [-0.25, -0.2) is 8.42 Å². The van der Waals surface area contributed by atoms with Gasteiger partial charge in [-0.2, -0.15) is 0 Å². The normalized spacial score (nSPS) is 12.3. The van der Waals surface area contributed by atoms with Gasteiger partial charge in [-0.15, -0.1) is 0 Å². The number of hydrogen-bond acceptors (Lipinski definition) is 4. The van der Waals surface area contributed by atoms with Crippen LogP contribution >= 0.6 is 11.6 Å². The smallest absolute Gasteiger partial charge is 0.287 e. The zero-order valence-corrected chi connectivity index (χ0v) is 17.5. The molecule has 2 aromatic carbocycles. The van der Waals surface area contributed by atoms with Crippen LogP contribution in [-0.2, 0) is 21.0 Å². The van der Waals surface area contributed by atoms with Gasteiger partial charge in [-0.05, 0) is 23.8 Å². The van der Waals surface area contributed by atoms with E-state index in [1.165, 1.54) is 0 Å². The minimum atomic E-state index is -3.34. The van der Waals surface area contributed by atoms with Gasteiger partial charge in [0, 0.05) is 34.2 Å². The Kier molecular flexibility index (Phi) is 5.55. The predicted molar refractivity (Wildman–Crippen MR) is 112 cm³/mol. The number of carbonyl (C=O) groups excluding carboxylic acids is 1. The average molecular weight is 420 g/mol. The first-order chi connectivity index (χ1) is 13.1. The lowest BCUT2D eigenvalue weighted by molar-refractivity contribution is 0.0919. The van der Waals surface area contributed by atoms with Crippen LogP contribution in [0.4, 0.5) is 0 Å². The third-order valence-electron chi connectivity index (χ3n) is 4.61. The number of sulfone groups is 1. The fourth-order valence-electron chi connectivity index (χ4n) is 3.08. The number of fused-ring (bicyclic) bond motifs is 1. The number of rotatable bonds is 6. The molecule has 0 aliphatic heterocycles. The van der Waals surface area contributed by atoms with E-state index in [0.29, 0.717) is 28.1 Å². The number of halogens is 1. The van der Waals surface area contributed by atoms with Gasteiger partial charge in [0.25, 0.3) is 5.91 Å². The fourth-order valence-corrected chi connectivity index (χ4v) is 4.08. The van der Waals surface area contributed by atoms with Crippen LogP contribution in [0.2, 0.25) is 5.02 Å². The molecule has 1 amide bonds. The summed E-state index contributed by atoms with van der Waals surface area (Å²) >= 11 is 6.08. The molecule has 7 heteroatoms. The molecule has 0 saturated heterocycles. The highest BCUT2D eigenvalue weighted by Gasteiger charge is 2.26. The second-order valence-corrected chi connectivity index (χ2v) is 10.1. The van der Waals surface area contributed by atoms with Gasteiger partial charge in [0.05, 0.1) is 5.75 Å². The second-order valence-electron chi connectivity index (χ2n) is 7.55. The second kappa shape index (κ2) is 7.60. The first-order valence-electron chi connectivity index (χ1n) is 8.79. The molecule has 3 rings (SSSR count). The Labute approximate surface area is 169 Å². The molecule has 3 aromatic rings. The maximum atomic E-state index is 12.8. The van der Waals surface area contributed by atoms with E-state index in [-0.39, 0.29) is 16.9 Å². The van der Waals surface area contributed by atoms with Crippen molar-refractivity contribution in [2.45, 2.75) is 25.0 Å². The molecular weight excluding hydrogens is 398 g/mol. The van der Waals surface area contributed by atoms with Crippen LogP contribution < -0.4 is 5.32 Å². The summed E-state index contributed by atoms with van der Waals surface area (Å²) in [7, 11) is -3.34. The van der Waals surface area contributed by atoms with E-state index in [0.717, 1.165) is 11.8 Å². The van der Waals surface area contributed by atoms with Crippen LogP contribution in [0.25, 0.3) is 11.0 Å². The summed E-state index contributed by atoms with van der Waals surface area (Å²) in [5.41, 5.74) is 1.49. The Morgan fingerprint density at radius 2 is 1.86 bits per heavy atom. The minimum absolute atomic E-state index is 0.0357. The number of para-hydroxylation sites is 1. The van der Waals surface area contributed by atoms with Crippen molar-refractivity contribution in [1.82, 2.24) is 5.32 Å². The summed E-state index contributed by atoms with van der Waals surface area (Å²) in [5, 5.41) is 4.13. The SMILES string of the molecule is CC(C)(CNC(=O)c1oc2ccccc2c1CS(C)(=O)=O)c1cccc(Cl)c1. The van der Waals surface area contributed by atoms with E-state index in [2.05, 4.69) is 5.32 Å². The number of carbonyl (C=O) groups is 1. The van der Waals surface area contributed by atoms with Crippen molar-refractivity contribution in [3.8, 4) is 0 Å². The zero-order valence-electron chi connectivity index (χ0n) is 16.0. The summed E-state index contributed by atoms with van der Waals surface area (Å²) in [6.45, 7) is 4.32. The zero-order chi connectivity index (χ0) is 20.5. The van der Waals surface area contributed by atoms with Crippen molar-refractivity contribution < 1.29 is 17.6 Å². The summed E-state index contributed by atoms with van der Waals surface area (Å²) in [5.74, 6) is -0.664. The molecule has 0 aliphatic rings. The van der Waals surface area contributed by atoms with Gasteiger partial charge in [-0.3, -0.25) is 4.79 Å². The molecule has 0 aliphatic carbocycles. The number of furan rings is 1. The molecule has 1 aromatic heterocycles. The van der Waals surface area contributed by atoms with Crippen molar-refractivity contribution in [3.63, 3.8) is 0 Å². The molecule has 0 bridgehead atoms. The Morgan fingerprint density at radius 3 is 2.54 bits per heavy atom. The average Bonchev–Trinajstić information content (AvgIpc) is 2.97. The summed E-state index contributed by atoms with van der Waals surface area (Å²) in [6.07, 6.45) is 1.14. The van der Waals surface area contributed by atoms with Crippen LogP contribution in [0.3, 0.4) is 0 Å². The summed E-state index contributed by atoms with van der Waals surface area (Å²) in [4.78, 5) is 12.8. The lowest BCUT2D eigenvalue weighted by Gasteiger charge is -2.25. The van der Waals surface area contributed by atoms with E-state index in [1.54, 1.807) is 30.3 Å². The fraction of sp³-hybridized carbons (Fsp3) is 0.286. The maximum Gasteiger partial charge on any atom is 0.287 e. The molecule has 0 saturated carbocycles. The van der Waals surface area contributed by atoms with Crippen LogP contribution in [0.15, 0.2) is 52.9 Å². The molecule has 0 unspecified atom stereocenters. The van der Waals surface area contributed by atoms with Gasteiger partial charge < -0.3 is 9.73 Å². The molecular formula is C21H22ClNO4S. The third-order valence-corrected chi connectivity index (χ3v) is 5.66. The van der Waals surface area contributed by atoms with E-state index in [4.69, 9.17) is 16.0 Å². The van der Waals surface area contributed by atoms with Gasteiger partial charge in [0.15, 0.2) is 15.6 Å². The summed E-state index contributed by atoms with van der Waals surface area (Å²) < 4.78 is 29.4. The molecule has 0 spiro atoms. The highest BCUT2D eigenvalue weighted by atomic mass is 35.5. The van der Waals surface area contributed by atoms with Gasteiger partial charge in [0.2, 0.25) is 0 Å². The number of benzene rings is 2. The first kappa shape index (κ1) is 20.4. The van der Waals surface area contributed by atoms with E-state index >= 15 is 0 Å². The van der Waals surface area contributed by atoms with Gasteiger partial charge >= 0.3 is 0 Å². The van der Waals surface area contributed by atoms with Gasteiger partial charge in [0.1, 0.15) is 5.58 Å². The Bertz CT molecular complexity index is 1130. The number of hydrogen-bond donors (Lipinski definition) is 1. The summed E-state index contributed by atoms with van der Waals surface area (Å²) in [6, 6.07) is 14.5. The Morgan fingerprint density at radius 1 is 1.14 bits per heavy atom. The van der Waals surface area contributed by atoms with E-state index < -0.39 is 15.7 Å². The largest absolute Gasteiger partial charge is 0.451 e. The van der Waals surface area contributed by atoms with E-state index in [9.17, 15) is 13.2 Å². The highest BCUT2D eigenvalue weighted by Crippen LogP contribution is 2.28. The molecule has 0 fully saturated rings. The van der Waals surface area contributed by atoms with Crippen molar-refractivity contribution in [3.05, 3.63) is 70.4 Å². The number of nitrogens with one attached hydrogen (secondary N) is 1. The van der Waals surface area contributed by atoms with Crippen LogP contribution in [0.1, 0.15) is 35.5 Å². The third kappa shape index (κ3) is 4.56. The van der Waals surface area contributed by atoms with E-state index in [1.807, 2.05) is 32.0 Å². The maximum absolute atomic E-state index is 12.8. The van der Waals surface area contributed by atoms with Crippen molar-refractivity contribution >= 4 is 38.3 Å². The van der Waals surface area contributed by atoms with Crippen LogP contribution in [-0.4, -0.2) is 27.1 Å². The Hall–Kier alpha value is -2.31. The molecule has 28 heavy (non-hydrogen) atoms. The highest BCUT2D eigenvalue weighted by molar-refractivity contribution is 7.89. The molecule has 148 valence electrons. The number of amides is 1.